The lowest BCUT2D eigenvalue weighted by molar-refractivity contribution is 0.380. The third kappa shape index (κ3) is 4.95. The fourth-order valence-corrected chi connectivity index (χ4v) is 2.28. The van der Waals surface area contributed by atoms with Gasteiger partial charge in [-0.15, -0.1) is 0 Å². The van der Waals surface area contributed by atoms with Crippen LogP contribution in [0.15, 0.2) is 0 Å². The number of thiol groups is 1. The number of rotatable bonds is 7. The molecule has 0 heterocycles. The Balaban J connectivity index is 3.90. The molecule has 1 radical (unpaired) electrons. The van der Waals surface area contributed by atoms with Crippen molar-refractivity contribution >= 4 is 12.6 Å². The van der Waals surface area contributed by atoms with Gasteiger partial charge in [-0.05, 0) is 25.2 Å². The largest absolute Gasteiger partial charge is 0.175 e. The highest BCUT2D eigenvalue weighted by Crippen LogP contribution is 2.27. The predicted octanol–water partition coefficient (Wildman–Crippen LogP) is 4.36. The molecule has 0 spiro atoms. The molecule has 0 saturated carbocycles. The molecule has 0 fully saturated rings. The van der Waals surface area contributed by atoms with Gasteiger partial charge < -0.3 is 0 Å². The third-order valence-electron chi connectivity index (χ3n) is 2.94. The molecule has 0 rings (SSSR count). The van der Waals surface area contributed by atoms with E-state index in [2.05, 4.69) is 27.7 Å². The SMILES string of the molecule is [CH2]C(CC)C(S)C(CC)CCCC. The van der Waals surface area contributed by atoms with Gasteiger partial charge in [-0.1, -0.05) is 46.5 Å². The zero-order valence-corrected chi connectivity index (χ0v) is 10.3. The van der Waals surface area contributed by atoms with E-state index in [1.165, 1.54) is 25.7 Å². The van der Waals surface area contributed by atoms with Gasteiger partial charge in [0.1, 0.15) is 0 Å². The zero-order chi connectivity index (χ0) is 10.3. The molecule has 0 bridgehead atoms. The average molecular weight is 201 g/mol. The molecule has 0 aromatic carbocycles. The van der Waals surface area contributed by atoms with Crippen LogP contribution < -0.4 is 0 Å². The summed E-state index contributed by atoms with van der Waals surface area (Å²) in [6, 6.07) is 0. The lowest BCUT2D eigenvalue weighted by atomic mass is 9.88. The lowest BCUT2D eigenvalue weighted by Gasteiger charge is -2.26. The Kier molecular flexibility index (Phi) is 7.93. The van der Waals surface area contributed by atoms with Crippen molar-refractivity contribution in [3.63, 3.8) is 0 Å². The second-order valence-corrected chi connectivity index (χ2v) is 4.57. The summed E-state index contributed by atoms with van der Waals surface area (Å²) in [4.78, 5) is 0. The Morgan fingerprint density at radius 3 is 2.15 bits per heavy atom. The Hall–Kier alpha value is 0.350. The molecule has 0 nitrogen and oxygen atoms in total. The lowest BCUT2D eigenvalue weighted by Crippen LogP contribution is -2.21. The molecular formula is C12H25S. The minimum atomic E-state index is 0.501. The molecule has 0 aromatic heterocycles. The predicted molar refractivity (Wildman–Crippen MR) is 65.2 cm³/mol. The summed E-state index contributed by atoms with van der Waals surface area (Å²) in [5.74, 6) is 1.29. The van der Waals surface area contributed by atoms with Gasteiger partial charge in [0.25, 0.3) is 0 Å². The monoisotopic (exact) mass is 201 g/mol. The van der Waals surface area contributed by atoms with Gasteiger partial charge in [-0.3, -0.25) is 0 Å². The number of hydrogen-bond donors (Lipinski definition) is 1. The Labute approximate surface area is 89.9 Å². The van der Waals surface area contributed by atoms with E-state index in [-0.39, 0.29) is 0 Å². The van der Waals surface area contributed by atoms with E-state index in [1.807, 2.05) is 0 Å². The van der Waals surface area contributed by atoms with E-state index in [0.717, 1.165) is 12.3 Å². The van der Waals surface area contributed by atoms with Crippen molar-refractivity contribution in [1.82, 2.24) is 0 Å². The molecule has 0 aliphatic heterocycles. The Morgan fingerprint density at radius 1 is 1.15 bits per heavy atom. The van der Waals surface area contributed by atoms with Crippen molar-refractivity contribution in [2.75, 3.05) is 0 Å². The van der Waals surface area contributed by atoms with Crippen molar-refractivity contribution in [2.45, 2.75) is 58.1 Å². The summed E-state index contributed by atoms with van der Waals surface area (Å²) in [6.45, 7) is 10.9. The molecule has 3 atom stereocenters. The summed E-state index contributed by atoms with van der Waals surface area (Å²) in [6.07, 6.45) is 6.36. The van der Waals surface area contributed by atoms with Crippen LogP contribution >= 0.6 is 12.6 Å². The average Bonchev–Trinajstić information content (AvgIpc) is 2.17. The normalized spacial score (nSPS) is 18.2. The standard InChI is InChI=1S/C12H25S/c1-5-8-9-11(7-3)12(13)10(4)6-2/h10-13H,4-9H2,1-3H3. The Morgan fingerprint density at radius 2 is 1.77 bits per heavy atom. The van der Waals surface area contributed by atoms with E-state index in [1.54, 1.807) is 0 Å². The summed E-state index contributed by atoms with van der Waals surface area (Å²) in [7, 11) is 0. The summed E-state index contributed by atoms with van der Waals surface area (Å²) in [5.41, 5.74) is 0. The molecule has 0 N–H and O–H groups in total. The highest BCUT2D eigenvalue weighted by atomic mass is 32.1. The van der Waals surface area contributed by atoms with Gasteiger partial charge in [0, 0.05) is 5.25 Å². The zero-order valence-electron chi connectivity index (χ0n) is 9.42. The molecule has 3 unspecified atom stereocenters. The molecule has 79 valence electrons. The first-order valence-electron chi connectivity index (χ1n) is 5.68. The van der Waals surface area contributed by atoms with Crippen LogP contribution in [-0.2, 0) is 0 Å². The maximum Gasteiger partial charge on any atom is 0.00731 e. The minimum Gasteiger partial charge on any atom is -0.175 e. The molecule has 0 amide bonds. The number of hydrogen-bond acceptors (Lipinski definition) is 1. The van der Waals surface area contributed by atoms with Crippen LogP contribution in [0.25, 0.3) is 0 Å². The van der Waals surface area contributed by atoms with E-state index >= 15 is 0 Å². The molecule has 0 aromatic rings. The van der Waals surface area contributed by atoms with Crippen molar-refractivity contribution < 1.29 is 0 Å². The smallest absolute Gasteiger partial charge is 0.00731 e. The molecule has 0 aliphatic rings. The van der Waals surface area contributed by atoms with Crippen molar-refractivity contribution in [3.8, 4) is 0 Å². The molecule has 1 heteroatoms. The third-order valence-corrected chi connectivity index (χ3v) is 3.79. The van der Waals surface area contributed by atoms with Gasteiger partial charge in [0.05, 0.1) is 0 Å². The summed E-state index contributed by atoms with van der Waals surface area (Å²) >= 11 is 4.69. The van der Waals surface area contributed by atoms with Gasteiger partial charge >= 0.3 is 0 Å². The van der Waals surface area contributed by atoms with Gasteiger partial charge in [-0.2, -0.15) is 12.6 Å². The van der Waals surface area contributed by atoms with Gasteiger partial charge in [0.15, 0.2) is 0 Å². The van der Waals surface area contributed by atoms with Crippen LogP contribution in [0.3, 0.4) is 0 Å². The minimum absolute atomic E-state index is 0.501. The molecule has 13 heavy (non-hydrogen) atoms. The van der Waals surface area contributed by atoms with Crippen LogP contribution in [0.1, 0.15) is 52.9 Å². The second kappa shape index (κ2) is 7.73. The van der Waals surface area contributed by atoms with Gasteiger partial charge in [-0.25, -0.2) is 0 Å². The van der Waals surface area contributed by atoms with E-state index < -0.39 is 0 Å². The molecule has 0 saturated heterocycles. The maximum atomic E-state index is 4.69. The first kappa shape index (κ1) is 13.4. The summed E-state index contributed by atoms with van der Waals surface area (Å²) in [5, 5.41) is 0.501. The van der Waals surface area contributed by atoms with Crippen molar-refractivity contribution in [1.29, 1.82) is 0 Å². The summed E-state index contributed by atoms with van der Waals surface area (Å²) < 4.78 is 0. The first-order valence-corrected chi connectivity index (χ1v) is 6.20. The van der Waals surface area contributed by atoms with Crippen molar-refractivity contribution in [3.05, 3.63) is 6.92 Å². The molecule has 0 aliphatic carbocycles. The van der Waals surface area contributed by atoms with Crippen LogP contribution in [0.5, 0.6) is 0 Å². The van der Waals surface area contributed by atoms with Crippen molar-refractivity contribution in [2.24, 2.45) is 11.8 Å². The molecular weight excluding hydrogens is 176 g/mol. The van der Waals surface area contributed by atoms with E-state index in [9.17, 15) is 0 Å². The highest BCUT2D eigenvalue weighted by Gasteiger charge is 2.20. The van der Waals surface area contributed by atoms with E-state index in [0.29, 0.717) is 11.2 Å². The van der Waals surface area contributed by atoms with Crippen LogP contribution in [-0.4, -0.2) is 5.25 Å². The highest BCUT2D eigenvalue weighted by molar-refractivity contribution is 7.81. The van der Waals surface area contributed by atoms with Crippen LogP contribution in [0, 0.1) is 18.8 Å². The van der Waals surface area contributed by atoms with E-state index in [4.69, 9.17) is 12.6 Å². The second-order valence-electron chi connectivity index (χ2n) is 3.97. The van der Waals surface area contributed by atoms with Gasteiger partial charge in [0.2, 0.25) is 0 Å². The van der Waals surface area contributed by atoms with Crippen LogP contribution in [0.4, 0.5) is 0 Å². The van der Waals surface area contributed by atoms with Crippen LogP contribution in [0.2, 0.25) is 0 Å². The fourth-order valence-electron chi connectivity index (χ4n) is 1.71. The fraction of sp³-hybridized carbons (Fsp3) is 0.917. The maximum absolute atomic E-state index is 4.69. The number of unbranched alkanes of at least 4 members (excludes halogenated alkanes) is 1. The first-order chi connectivity index (χ1) is 6.17. The topological polar surface area (TPSA) is 0 Å². The Bertz CT molecular complexity index is 112. The quantitative estimate of drug-likeness (QED) is 0.581.